The molecule has 1 aliphatic heterocycles. The molecule has 2 amide bonds. The number of anilines is 1. The smallest absolute Gasteiger partial charge is 0.239 e. The van der Waals surface area contributed by atoms with Crippen LogP contribution in [0.4, 0.5) is 5.69 Å². The Morgan fingerprint density at radius 3 is 2.06 bits per heavy atom. The number of hydrogen-bond acceptors (Lipinski definition) is 5. The summed E-state index contributed by atoms with van der Waals surface area (Å²) in [6, 6.07) is 20.9. The Balaban J connectivity index is 1.64. The highest BCUT2D eigenvalue weighted by Gasteiger charge is 2.69. The lowest BCUT2D eigenvalue weighted by atomic mass is 9.46. The van der Waals surface area contributed by atoms with Crippen LogP contribution in [0.25, 0.3) is 0 Å². The normalized spacial score (nSPS) is 27.2. The highest BCUT2D eigenvalue weighted by molar-refractivity contribution is 6.24. The SMILES string of the molecule is COc1ccc(OC)c(N2C(=O)[C@@H]3C4c5ccccc5C([C@@H](C)O)(c5ccccc54)[C@H]3C2=O)c1. The molecule has 0 unspecified atom stereocenters. The van der Waals surface area contributed by atoms with E-state index in [1.165, 1.54) is 19.1 Å². The van der Waals surface area contributed by atoms with Gasteiger partial charge < -0.3 is 14.6 Å². The minimum absolute atomic E-state index is 0.268. The minimum Gasteiger partial charge on any atom is -0.497 e. The fourth-order valence-electron chi connectivity index (χ4n) is 6.75. The number of carbonyl (C=O) groups excluding carboxylic acids is 2. The van der Waals surface area contributed by atoms with Gasteiger partial charge in [0.05, 0.1) is 43.3 Å². The molecular weight excluding hydrogens is 430 g/mol. The molecule has 6 heteroatoms. The van der Waals surface area contributed by atoms with Crippen molar-refractivity contribution >= 4 is 17.5 Å². The van der Waals surface area contributed by atoms with Gasteiger partial charge in [-0.05, 0) is 41.3 Å². The molecule has 172 valence electrons. The fraction of sp³-hybridized carbons (Fsp3) is 0.286. The molecule has 1 heterocycles. The second-order valence-electron chi connectivity index (χ2n) is 9.25. The van der Waals surface area contributed by atoms with Gasteiger partial charge in [-0.15, -0.1) is 0 Å². The van der Waals surface area contributed by atoms with Crippen LogP contribution in [0.5, 0.6) is 11.5 Å². The third kappa shape index (κ3) is 2.33. The molecule has 3 atom stereocenters. The maximum atomic E-state index is 14.2. The van der Waals surface area contributed by atoms with E-state index in [0.29, 0.717) is 17.2 Å². The van der Waals surface area contributed by atoms with Crippen LogP contribution in [0.15, 0.2) is 66.7 Å². The van der Waals surface area contributed by atoms with Gasteiger partial charge in [-0.3, -0.25) is 9.59 Å². The van der Waals surface area contributed by atoms with E-state index < -0.39 is 23.4 Å². The van der Waals surface area contributed by atoms with Crippen LogP contribution in [0.2, 0.25) is 0 Å². The summed E-state index contributed by atoms with van der Waals surface area (Å²) in [5.74, 6) is -1.29. The van der Waals surface area contributed by atoms with Gasteiger partial charge in [-0.25, -0.2) is 4.90 Å². The Morgan fingerprint density at radius 1 is 0.882 bits per heavy atom. The van der Waals surface area contributed by atoms with E-state index in [2.05, 4.69) is 0 Å². The van der Waals surface area contributed by atoms with Crippen LogP contribution < -0.4 is 14.4 Å². The van der Waals surface area contributed by atoms with Crippen LogP contribution >= 0.6 is 0 Å². The van der Waals surface area contributed by atoms with Gasteiger partial charge in [-0.2, -0.15) is 0 Å². The Hall–Kier alpha value is -3.64. The van der Waals surface area contributed by atoms with Crippen LogP contribution in [-0.2, 0) is 15.0 Å². The average Bonchev–Trinajstić information content (AvgIpc) is 3.13. The minimum atomic E-state index is -1.03. The Labute approximate surface area is 197 Å². The number of nitrogens with zero attached hydrogens (tertiary/aromatic N) is 1. The van der Waals surface area contributed by atoms with E-state index >= 15 is 0 Å². The van der Waals surface area contributed by atoms with Crippen LogP contribution in [-0.4, -0.2) is 37.2 Å². The second-order valence-corrected chi connectivity index (χ2v) is 9.25. The molecule has 1 N–H and O–H groups in total. The fourth-order valence-corrected chi connectivity index (χ4v) is 6.75. The molecule has 4 aliphatic rings. The molecule has 1 fully saturated rings. The van der Waals surface area contributed by atoms with Crippen molar-refractivity contribution in [1.82, 2.24) is 0 Å². The van der Waals surface area contributed by atoms with Crippen molar-refractivity contribution in [2.45, 2.75) is 24.4 Å². The highest BCUT2D eigenvalue weighted by atomic mass is 16.5. The molecule has 0 aromatic heterocycles. The largest absolute Gasteiger partial charge is 0.497 e. The summed E-state index contributed by atoms with van der Waals surface area (Å²) >= 11 is 0. The predicted octanol–water partition coefficient (Wildman–Crippen LogP) is 3.64. The molecule has 7 rings (SSSR count). The number of methoxy groups -OCH3 is 2. The maximum Gasteiger partial charge on any atom is 0.239 e. The summed E-state index contributed by atoms with van der Waals surface area (Å²) < 4.78 is 10.9. The van der Waals surface area contributed by atoms with Crippen molar-refractivity contribution in [3.8, 4) is 11.5 Å². The zero-order valence-electron chi connectivity index (χ0n) is 19.2. The highest BCUT2D eigenvalue weighted by Crippen LogP contribution is 2.65. The predicted molar refractivity (Wildman–Crippen MR) is 126 cm³/mol. The van der Waals surface area contributed by atoms with Gasteiger partial charge in [0.1, 0.15) is 11.5 Å². The Bertz CT molecular complexity index is 1300. The van der Waals surface area contributed by atoms with Crippen LogP contribution in [0, 0.1) is 11.8 Å². The summed E-state index contributed by atoms with van der Waals surface area (Å²) in [6.07, 6.45) is -0.896. The quantitative estimate of drug-likeness (QED) is 0.608. The summed E-state index contributed by atoms with van der Waals surface area (Å²) in [5, 5.41) is 11.4. The first-order valence-electron chi connectivity index (χ1n) is 11.4. The molecule has 0 radical (unpaired) electrons. The third-order valence-corrected chi connectivity index (χ3v) is 7.97. The van der Waals surface area contributed by atoms with Crippen LogP contribution in [0.3, 0.4) is 0 Å². The van der Waals surface area contributed by atoms with Gasteiger partial charge in [-0.1, -0.05) is 48.5 Å². The van der Waals surface area contributed by atoms with E-state index in [1.807, 2.05) is 48.5 Å². The lowest BCUT2D eigenvalue weighted by molar-refractivity contribution is -0.126. The van der Waals surface area contributed by atoms with Gasteiger partial charge in [0, 0.05) is 12.0 Å². The summed E-state index contributed by atoms with van der Waals surface area (Å²) in [5.41, 5.74) is 3.19. The van der Waals surface area contributed by atoms with Crippen molar-refractivity contribution < 1.29 is 24.2 Å². The summed E-state index contributed by atoms with van der Waals surface area (Å²) in [7, 11) is 3.05. The Morgan fingerprint density at radius 2 is 1.50 bits per heavy atom. The van der Waals surface area contributed by atoms with E-state index in [0.717, 1.165) is 22.3 Å². The van der Waals surface area contributed by atoms with Crippen LogP contribution in [0.1, 0.15) is 35.1 Å². The molecule has 0 spiro atoms. The average molecular weight is 456 g/mol. The van der Waals surface area contributed by atoms with Crippen molar-refractivity contribution in [1.29, 1.82) is 0 Å². The van der Waals surface area contributed by atoms with Gasteiger partial charge in [0.2, 0.25) is 11.8 Å². The standard InChI is InChI=1S/C28H25NO5/c1-15(30)28-19-10-6-4-8-17(19)23(18-9-5-7-11-20(18)28)24-25(28)27(32)29(26(24)31)21-14-16(33-2)12-13-22(21)34-3/h4-15,23-25,30H,1-3H3/t15-,23?,24-,25-,28?/m1/s1. The number of aliphatic hydroxyl groups is 1. The first-order valence-corrected chi connectivity index (χ1v) is 11.4. The number of hydrogen-bond donors (Lipinski definition) is 1. The molecule has 3 aromatic carbocycles. The van der Waals surface area contributed by atoms with Crippen molar-refractivity contribution in [2.75, 3.05) is 19.1 Å². The third-order valence-electron chi connectivity index (χ3n) is 7.97. The van der Waals surface area contributed by atoms with E-state index in [1.54, 1.807) is 25.1 Å². The number of aliphatic hydroxyl groups excluding tert-OH is 1. The van der Waals surface area contributed by atoms with Crippen molar-refractivity contribution in [3.63, 3.8) is 0 Å². The molecule has 3 aliphatic carbocycles. The summed E-state index contributed by atoms with van der Waals surface area (Å²) in [6.45, 7) is 1.73. The molecule has 6 nitrogen and oxygen atoms in total. The number of carbonyl (C=O) groups is 2. The van der Waals surface area contributed by atoms with E-state index in [-0.39, 0.29) is 17.7 Å². The van der Waals surface area contributed by atoms with E-state index in [4.69, 9.17) is 9.47 Å². The van der Waals surface area contributed by atoms with Crippen molar-refractivity contribution in [3.05, 3.63) is 89.0 Å². The van der Waals surface area contributed by atoms with E-state index in [9.17, 15) is 14.7 Å². The molecule has 34 heavy (non-hydrogen) atoms. The molecule has 1 saturated heterocycles. The monoisotopic (exact) mass is 455 g/mol. The Kier molecular flexibility index (Phi) is 4.42. The number of benzene rings is 3. The van der Waals surface area contributed by atoms with Gasteiger partial charge >= 0.3 is 0 Å². The summed E-state index contributed by atoms with van der Waals surface area (Å²) in [4.78, 5) is 29.6. The lowest BCUT2D eigenvalue weighted by Crippen LogP contribution is -2.58. The van der Waals surface area contributed by atoms with Gasteiger partial charge in [0.25, 0.3) is 0 Å². The molecule has 0 saturated carbocycles. The number of amides is 2. The first-order chi connectivity index (χ1) is 16.5. The number of imide groups is 1. The zero-order chi connectivity index (χ0) is 23.8. The lowest BCUT2D eigenvalue weighted by Gasteiger charge is -2.55. The van der Waals surface area contributed by atoms with Crippen molar-refractivity contribution in [2.24, 2.45) is 11.8 Å². The van der Waals surface area contributed by atoms with Gasteiger partial charge in [0.15, 0.2) is 0 Å². The number of ether oxygens (including phenoxy) is 2. The molecule has 3 aromatic rings. The first kappa shape index (κ1) is 20.9. The molecular formula is C28H25NO5. The second kappa shape index (κ2) is 7.18. The topological polar surface area (TPSA) is 76.1 Å². The zero-order valence-corrected chi connectivity index (χ0v) is 19.2. The number of rotatable bonds is 4. The molecule has 2 bridgehead atoms. The maximum absolute atomic E-state index is 14.2.